The first kappa shape index (κ1) is 19.5. The summed E-state index contributed by atoms with van der Waals surface area (Å²) >= 11 is 0. The first-order chi connectivity index (χ1) is 11.5. The zero-order valence-electron chi connectivity index (χ0n) is 16.9. The topological polar surface area (TPSA) is 49.7 Å². The van der Waals surface area contributed by atoms with Gasteiger partial charge in [0.15, 0.2) is 0 Å². The van der Waals surface area contributed by atoms with Crippen LogP contribution in [-0.4, -0.2) is 17.2 Å². The molecule has 25 heavy (non-hydrogen) atoms. The molecule has 0 radical (unpaired) electrons. The molecule has 2 aromatic carbocycles. The lowest BCUT2D eigenvalue weighted by Gasteiger charge is -2.24. The fourth-order valence-corrected chi connectivity index (χ4v) is 3.57. The summed E-state index contributed by atoms with van der Waals surface area (Å²) in [4.78, 5) is 0. The van der Waals surface area contributed by atoms with E-state index in [2.05, 4.69) is 34.6 Å². The van der Waals surface area contributed by atoms with Gasteiger partial charge in [-0.25, -0.2) is 0 Å². The highest BCUT2D eigenvalue weighted by Gasteiger charge is 2.24. The Morgan fingerprint density at radius 3 is 1.08 bits per heavy atom. The molecule has 0 amide bonds. The highest BCUT2D eigenvalue weighted by Crippen LogP contribution is 2.38. The van der Waals surface area contributed by atoms with Crippen LogP contribution in [-0.2, 0) is 0 Å². The minimum absolute atomic E-state index is 0.576. The molecule has 4 heteroatoms. The van der Waals surface area contributed by atoms with Gasteiger partial charge in [0, 0.05) is 0 Å². The zero-order valence-corrected chi connectivity index (χ0v) is 16.9. The smallest absolute Gasteiger partial charge is 0.456 e. The van der Waals surface area contributed by atoms with Crippen molar-refractivity contribution in [1.82, 2.24) is 0 Å². The van der Waals surface area contributed by atoms with Gasteiger partial charge in [-0.3, -0.25) is 0 Å². The van der Waals surface area contributed by atoms with Gasteiger partial charge < -0.3 is 14.8 Å². The highest BCUT2D eigenvalue weighted by molar-refractivity contribution is 6.60. The summed E-state index contributed by atoms with van der Waals surface area (Å²) in [7, 11) is -1.47. The lowest BCUT2D eigenvalue weighted by Crippen LogP contribution is -2.35. The molecule has 0 atom stereocenters. The van der Waals surface area contributed by atoms with Crippen LogP contribution >= 0.6 is 0 Å². The van der Waals surface area contributed by atoms with Gasteiger partial charge in [0.1, 0.15) is 11.5 Å². The van der Waals surface area contributed by atoms with Crippen LogP contribution in [0.4, 0.5) is 0 Å². The summed E-state index contributed by atoms with van der Waals surface area (Å²) in [5, 5.41) is 19.4. The molecule has 0 aromatic heterocycles. The maximum Gasteiger partial charge on any atom is 0.488 e. The van der Waals surface area contributed by atoms with Crippen LogP contribution < -0.4 is 10.2 Å². The molecule has 2 rings (SSSR count). The molecule has 0 spiro atoms. The number of rotatable bonds is 3. The van der Waals surface area contributed by atoms with Gasteiger partial charge in [0.2, 0.25) is 0 Å². The Morgan fingerprint density at radius 2 is 0.760 bits per heavy atom. The molecular formula is C21H29BO3. The normalized spacial score (nSPS) is 11.0. The monoisotopic (exact) mass is 340 g/mol. The molecule has 0 aliphatic heterocycles. The maximum atomic E-state index is 9.72. The minimum Gasteiger partial charge on any atom is -0.456 e. The third-order valence-electron chi connectivity index (χ3n) is 6.01. The summed E-state index contributed by atoms with van der Waals surface area (Å²) in [6, 6.07) is 0. The number of benzene rings is 2. The van der Waals surface area contributed by atoms with Crippen molar-refractivity contribution >= 4 is 12.6 Å². The second-order valence-corrected chi connectivity index (χ2v) is 7.17. The van der Waals surface area contributed by atoms with Gasteiger partial charge in [0.05, 0.1) is 0 Å². The van der Waals surface area contributed by atoms with E-state index >= 15 is 0 Å². The van der Waals surface area contributed by atoms with E-state index in [0.29, 0.717) is 5.46 Å². The van der Waals surface area contributed by atoms with Crippen molar-refractivity contribution < 1.29 is 14.8 Å². The number of hydrogen-bond donors (Lipinski definition) is 2. The molecule has 0 fully saturated rings. The quantitative estimate of drug-likeness (QED) is 0.833. The van der Waals surface area contributed by atoms with Crippen molar-refractivity contribution in [2.24, 2.45) is 0 Å². The third-order valence-corrected chi connectivity index (χ3v) is 6.01. The lowest BCUT2D eigenvalue weighted by molar-refractivity contribution is 0.425. The Labute approximate surface area is 151 Å². The maximum absolute atomic E-state index is 9.72. The predicted molar refractivity (Wildman–Crippen MR) is 105 cm³/mol. The Balaban J connectivity index is 2.72. The summed E-state index contributed by atoms with van der Waals surface area (Å²) in [5.74, 6) is 1.72. The molecule has 0 unspecified atom stereocenters. The van der Waals surface area contributed by atoms with E-state index in [1.54, 1.807) is 0 Å². The minimum atomic E-state index is -1.47. The van der Waals surface area contributed by atoms with Crippen LogP contribution in [0.2, 0.25) is 0 Å². The average Bonchev–Trinajstić information content (AvgIpc) is 2.55. The summed E-state index contributed by atoms with van der Waals surface area (Å²) in [6.45, 7) is 18.4. The van der Waals surface area contributed by atoms with Gasteiger partial charge in [-0.05, 0) is 118 Å². The van der Waals surface area contributed by atoms with Crippen LogP contribution in [0.5, 0.6) is 11.5 Å². The van der Waals surface area contributed by atoms with E-state index in [1.807, 2.05) is 27.7 Å². The first-order valence-corrected chi connectivity index (χ1v) is 8.71. The summed E-state index contributed by atoms with van der Waals surface area (Å²) in [6.07, 6.45) is 0. The Kier molecular flexibility index (Phi) is 5.36. The second kappa shape index (κ2) is 6.85. The standard InChI is InChI=1S/C21H29BO3/c1-10-11(2)15(6)20(16(7)12(10)3)25-21-17(8)13(4)19(22(23)24)14(5)18(21)9/h23-24H,1-9H3. The van der Waals surface area contributed by atoms with Gasteiger partial charge in [-0.1, -0.05) is 0 Å². The Bertz CT molecular complexity index is 793. The number of ether oxygens (including phenoxy) is 1. The van der Waals surface area contributed by atoms with Gasteiger partial charge in [0.25, 0.3) is 0 Å². The van der Waals surface area contributed by atoms with Crippen molar-refractivity contribution in [3.63, 3.8) is 0 Å². The highest BCUT2D eigenvalue weighted by atomic mass is 16.5. The van der Waals surface area contributed by atoms with Gasteiger partial charge in [-0.15, -0.1) is 0 Å². The van der Waals surface area contributed by atoms with E-state index in [-0.39, 0.29) is 0 Å². The lowest BCUT2D eigenvalue weighted by atomic mass is 9.72. The molecule has 0 aliphatic rings. The fraction of sp³-hybridized carbons (Fsp3) is 0.429. The van der Waals surface area contributed by atoms with E-state index in [1.165, 1.54) is 16.7 Å². The molecule has 2 aromatic rings. The van der Waals surface area contributed by atoms with Gasteiger partial charge in [-0.2, -0.15) is 0 Å². The molecular weight excluding hydrogens is 311 g/mol. The van der Waals surface area contributed by atoms with Crippen LogP contribution in [0.25, 0.3) is 0 Å². The molecule has 0 saturated carbocycles. The van der Waals surface area contributed by atoms with Crippen LogP contribution in [0.1, 0.15) is 50.1 Å². The predicted octanol–water partition coefficient (Wildman–Crippen LogP) is 3.93. The summed E-state index contributed by atoms with van der Waals surface area (Å²) < 4.78 is 6.45. The van der Waals surface area contributed by atoms with Crippen molar-refractivity contribution in [3.05, 3.63) is 50.1 Å². The van der Waals surface area contributed by atoms with Crippen molar-refractivity contribution in [2.45, 2.75) is 62.3 Å². The van der Waals surface area contributed by atoms with E-state index < -0.39 is 7.12 Å². The average molecular weight is 340 g/mol. The SMILES string of the molecule is Cc1c(C)c(C)c(Oc2c(C)c(C)c(B(O)O)c(C)c2C)c(C)c1C. The second-order valence-electron chi connectivity index (χ2n) is 7.17. The molecule has 0 aliphatic carbocycles. The van der Waals surface area contributed by atoms with E-state index in [0.717, 1.165) is 44.9 Å². The Morgan fingerprint density at radius 1 is 0.480 bits per heavy atom. The first-order valence-electron chi connectivity index (χ1n) is 8.71. The Hall–Kier alpha value is -1.78. The molecule has 2 N–H and O–H groups in total. The molecule has 134 valence electrons. The molecule has 3 nitrogen and oxygen atoms in total. The van der Waals surface area contributed by atoms with E-state index in [9.17, 15) is 10.0 Å². The van der Waals surface area contributed by atoms with Crippen molar-refractivity contribution in [2.75, 3.05) is 0 Å². The largest absolute Gasteiger partial charge is 0.488 e. The summed E-state index contributed by atoms with van der Waals surface area (Å²) in [5.41, 5.74) is 10.3. The molecule has 0 saturated heterocycles. The number of hydrogen-bond acceptors (Lipinski definition) is 3. The molecule has 0 heterocycles. The van der Waals surface area contributed by atoms with E-state index in [4.69, 9.17) is 4.74 Å². The van der Waals surface area contributed by atoms with Gasteiger partial charge >= 0.3 is 7.12 Å². The van der Waals surface area contributed by atoms with Crippen LogP contribution in [0, 0.1) is 62.3 Å². The third kappa shape index (κ3) is 3.09. The zero-order chi connectivity index (χ0) is 19.2. The van der Waals surface area contributed by atoms with Crippen LogP contribution in [0.15, 0.2) is 0 Å². The van der Waals surface area contributed by atoms with Crippen molar-refractivity contribution in [3.8, 4) is 11.5 Å². The molecule has 0 bridgehead atoms. The fourth-order valence-electron chi connectivity index (χ4n) is 3.57. The van der Waals surface area contributed by atoms with Crippen LogP contribution in [0.3, 0.4) is 0 Å². The van der Waals surface area contributed by atoms with Crippen molar-refractivity contribution in [1.29, 1.82) is 0 Å².